The molecule has 1 amide bonds. The molecule has 0 saturated carbocycles. The first-order valence-corrected chi connectivity index (χ1v) is 8.83. The van der Waals surface area contributed by atoms with Gasteiger partial charge in [-0.25, -0.2) is 9.37 Å². The van der Waals surface area contributed by atoms with Gasteiger partial charge in [0, 0.05) is 18.1 Å². The van der Waals surface area contributed by atoms with E-state index in [-0.39, 0.29) is 29.7 Å². The number of carbonyl (C=O) groups is 1. The molecule has 0 radical (unpaired) electrons. The summed E-state index contributed by atoms with van der Waals surface area (Å²) in [6.07, 6.45) is 2.83. The molecule has 4 rings (SSSR count). The first-order chi connectivity index (χ1) is 13.7. The van der Waals surface area contributed by atoms with E-state index in [2.05, 4.69) is 15.3 Å². The maximum Gasteiger partial charge on any atom is 0.274 e. The summed E-state index contributed by atoms with van der Waals surface area (Å²) in [7, 11) is 0. The van der Waals surface area contributed by atoms with Crippen LogP contribution in [0, 0.1) is 5.82 Å². The first-order valence-electron chi connectivity index (χ1n) is 8.83. The van der Waals surface area contributed by atoms with Gasteiger partial charge < -0.3 is 19.5 Å². The van der Waals surface area contributed by atoms with E-state index in [1.54, 1.807) is 30.3 Å². The number of nitrogens with one attached hydrogen (secondary N) is 1. The van der Waals surface area contributed by atoms with Crippen LogP contribution >= 0.6 is 0 Å². The summed E-state index contributed by atoms with van der Waals surface area (Å²) in [5, 5.41) is 3.46. The van der Waals surface area contributed by atoms with Gasteiger partial charge >= 0.3 is 0 Å². The van der Waals surface area contributed by atoms with Gasteiger partial charge in [0.1, 0.15) is 24.2 Å². The zero-order valence-electron chi connectivity index (χ0n) is 14.9. The number of benzene rings is 1. The van der Waals surface area contributed by atoms with Gasteiger partial charge in [-0.05, 0) is 35.7 Å². The van der Waals surface area contributed by atoms with E-state index in [9.17, 15) is 9.18 Å². The number of carbonyl (C=O) groups excluding carboxylic acids is 1. The quantitative estimate of drug-likeness (QED) is 0.730. The van der Waals surface area contributed by atoms with Gasteiger partial charge in [0.2, 0.25) is 5.88 Å². The van der Waals surface area contributed by atoms with E-state index >= 15 is 0 Å². The van der Waals surface area contributed by atoms with Crippen molar-refractivity contribution in [3.05, 3.63) is 60.3 Å². The highest BCUT2D eigenvalue weighted by Gasteiger charge is 2.18. The van der Waals surface area contributed by atoms with Crippen LogP contribution in [0.2, 0.25) is 0 Å². The van der Waals surface area contributed by atoms with E-state index in [0.717, 1.165) is 0 Å². The standard InChI is InChI=1S/C20H18FN3O4/c21-16-10-14(24-19(25)17-3-1-2-5-22-17)9-13-4-6-23-20(18(13)16)28-12-15-11-26-7-8-27-15/h1-6,9-10,15H,7-8,11-12H2,(H,24,25). The third kappa shape index (κ3) is 4.08. The summed E-state index contributed by atoms with van der Waals surface area (Å²) >= 11 is 0. The van der Waals surface area contributed by atoms with E-state index < -0.39 is 11.7 Å². The van der Waals surface area contributed by atoms with Crippen LogP contribution in [0.5, 0.6) is 5.88 Å². The average molecular weight is 383 g/mol. The molecule has 3 aromatic rings. The second kappa shape index (κ2) is 8.28. The molecule has 144 valence electrons. The predicted octanol–water partition coefficient (Wildman–Crippen LogP) is 2.82. The van der Waals surface area contributed by atoms with Gasteiger partial charge in [0.05, 0.1) is 25.2 Å². The molecule has 28 heavy (non-hydrogen) atoms. The zero-order chi connectivity index (χ0) is 19.3. The molecule has 1 saturated heterocycles. The molecule has 0 aliphatic carbocycles. The molecule has 2 aromatic heterocycles. The van der Waals surface area contributed by atoms with Crippen molar-refractivity contribution in [2.75, 3.05) is 31.7 Å². The topological polar surface area (TPSA) is 82.6 Å². The Labute approximate surface area is 160 Å². The fraction of sp³-hybridized carbons (Fsp3) is 0.250. The molecular formula is C20H18FN3O4. The lowest BCUT2D eigenvalue weighted by Crippen LogP contribution is -2.33. The van der Waals surface area contributed by atoms with Crippen LogP contribution in [-0.2, 0) is 9.47 Å². The van der Waals surface area contributed by atoms with E-state index in [0.29, 0.717) is 30.9 Å². The molecule has 1 aliphatic rings. The third-order valence-corrected chi connectivity index (χ3v) is 4.23. The summed E-state index contributed by atoms with van der Waals surface area (Å²) in [4.78, 5) is 20.4. The number of fused-ring (bicyclic) bond motifs is 1. The molecule has 0 spiro atoms. The van der Waals surface area contributed by atoms with Gasteiger partial charge in [0.25, 0.3) is 5.91 Å². The Morgan fingerprint density at radius 1 is 1.21 bits per heavy atom. The number of halogens is 1. The number of ether oxygens (including phenoxy) is 3. The number of hydrogen-bond acceptors (Lipinski definition) is 6. The SMILES string of the molecule is O=C(Nc1cc(F)c2c(OCC3COCCO3)nccc2c1)c1ccccn1. The fourth-order valence-corrected chi connectivity index (χ4v) is 2.91. The molecule has 1 N–H and O–H groups in total. The molecule has 1 fully saturated rings. The van der Waals surface area contributed by atoms with Crippen molar-refractivity contribution in [2.24, 2.45) is 0 Å². The highest BCUT2D eigenvalue weighted by molar-refractivity contribution is 6.04. The van der Waals surface area contributed by atoms with Crippen LogP contribution in [-0.4, -0.2) is 48.4 Å². The van der Waals surface area contributed by atoms with Gasteiger partial charge in [-0.15, -0.1) is 0 Å². The molecule has 1 unspecified atom stereocenters. The molecule has 0 bridgehead atoms. The lowest BCUT2D eigenvalue weighted by Gasteiger charge is -2.23. The second-order valence-corrected chi connectivity index (χ2v) is 6.22. The lowest BCUT2D eigenvalue weighted by molar-refractivity contribution is -0.101. The minimum absolute atomic E-state index is 0.173. The van der Waals surface area contributed by atoms with Crippen molar-refractivity contribution in [1.82, 2.24) is 9.97 Å². The number of anilines is 1. The summed E-state index contributed by atoms with van der Waals surface area (Å²) in [6.45, 7) is 1.70. The Hall–Kier alpha value is -3.10. The van der Waals surface area contributed by atoms with Gasteiger partial charge in [-0.2, -0.15) is 0 Å². The second-order valence-electron chi connectivity index (χ2n) is 6.22. The molecular weight excluding hydrogens is 365 g/mol. The largest absolute Gasteiger partial charge is 0.474 e. The first kappa shape index (κ1) is 18.3. The Balaban J connectivity index is 1.54. The number of amides is 1. The summed E-state index contributed by atoms with van der Waals surface area (Å²) in [5.74, 6) is -0.788. The molecule has 3 heterocycles. The maximum absolute atomic E-state index is 14.8. The summed E-state index contributed by atoms with van der Waals surface area (Å²) < 4.78 is 31.3. The maximum atomic E-state index is 14.8. The molecule has 1 aromatic carbocycles. The average Bonchev–Trinajstić information content (AvgIpc) is 2.73. The van der Waals surface area contributed by atoms with E-state index in [4.69, 9.17) is 14.2 Å². The highest BCUT2D eigenvalue weighted by atomic mass is 19.1. The Kier molecular flexibility index (Phi) is 5.41. The number of pyridine rings is 2. The third-order valence-electron chi connectivity index (χ3n) is 4.23. The van der Waals surface area contributed by atoms with Crippen molar-refractivity contribution in [3.8, 4) is 5.88 Å². The van der Waals surface area contributed by atoms with E-state index in [1.165, 1.54) is 18.5 Å². The molecule has 8 heteroatoms. The smallest absolute Gasteiger partial charge is 0.274 e. The van der Waals surface area contributed by atoms with Crippen molar-refractivity contribution >= 4 is 22.4 Å². The van der Waals surface area contributed by atoms with Crippen LogP contribution < -0.4 is 10.1 Å². The van der Waals surface area contributed by atoms with Crippen LogP contribution in [0.3, 0.4) is 0 Å². The monoisotopic (exact) mass is 383 g/mol. The highest BCUT2D eigenvalue weighted by Crippen LogP contribution is 2.29. The van der Waals surface area contributed by atoms with Crippen LogP contribution in [0.15, 0.2) is 48.8 Å². The number of hydrogen-bond donors (Lipinski definition) is 1. The minimum atomic E-state index is -0.544. The Morgan fingerprint density at radius 2 is 2.14 bits per heavy atom. The van der Waals surface area contributed by atoms with Crippen molar-refractivity contribution in [1.29, 1.82) is 0 Å². The fourth-order valence-electron chi connectivity index (χ4n) is 2.91. The van der Waals surface area contributed by atoms with Crippen molar-refractivity contribution < 1.29 is 23.4 Å². The van der Waals surface area contributed by atoms with Crippen LogP contribution in [0.25, 0.3) is 10.8 Å². The normalized spacial score (nSPS) is 16.7. The lowest BCUT2D eigenvalue weighted by atomic mass is 10.1. The van der Waals surface area contributed by atoms with Crippen LogP contribution in [0.4, 0.5) is 10.1 Å². The number of aromatic nitrogens is 2. The summed E-state index contributed by atoms with van der Waals surface area (Å²) in [5.41, 5.74) is 0.568. The number of nitrogens with zero attached hydrogens (tertiary/aromatic N) is 2. The van der Waals surface area contributed by atoms with Gasteiger partial charge in [0.15, 0.2) is 0 Å². The van der Waals surface area contributed by atoms with Crippen LogP contribution in [0.1, 0.15) is 10.5 Å². The Bertz CT molecular complexity index is 978. The number of rotatable bonds is 5. The van der Waals surface area contributed by atoms with Gasteiger partial charge in [-0.3, -0.25) is 9.78 Å². The summed E-state index contributed by atoms with van der Waals surface area (Å²) in [6, 6.07) is 9.55. The predicted molar refractivity (Wildman–Crippen MR) is 99.9 cm³/mol. The zero-order valence-corrected chi connectivity index (χ0v) is 14.9. The van der Waals surface area contributed by atoms with Crippen molar-refractivity contribution in [2.45, 2.75) is 6.10 Å². The molecule has 1 atom stereocenters. The minimum Gasteiger partial charge on any atom is -0.474 e. The molecule has 1 aliphatic heterocycles. The molecule has 7 nitrogen and oxygen atoms in total. The Morgan fingerprint density at radius 3 is 2.93 bits per heavy atom. The van der Waals surface area contributed by atoms with Gasteiger partial charge in [-0.1, -0.05) is 6.07 Å². The van der Waals surface area contributed by atoms with Crippen molar-refractivity contribution in [3.63, 3.8) is 0 Å². The van der Waals surface area contributed by atoms with E-state index in [1.807, 2.05) is 0 Å².